The van der Waals surface area contributed by atoms with Crippen LogP contribution in [0, 0.1) is 13.8 Å². The predicted octanol–water partition coefficient (Wildman–Crippen LogP) is 4.07. The van der Waals surface area contributed by atoms with E-state index in [-0.39, 0.29) is 6.61 Å². The van der Waals surface area contributed by atoms with E-state index >= 15 is 0 Å². The fourth-order valence-corrected chi connectivity index (χ4v) is 4.88. The number of ether oxygens (including phenoxy) is 3. The van der Waals surface area contributed by atoms with Gasteiger partial charge in [0.25, 0.3) is 0 Å². The summed E-state index contributed by atoms with van der Waals surface area (Å²) < 4.78 is 17.4. The number of hydrogen-bond donors (Lipinski definition) is 1. The van der Waals surface area contributed by atoms with Crippen molar-refractivity contribution in [2.45, 2.75) is 38.8 Å². The van der Waals surface area contributed by atoms with E-state index < -0.39 is 5.60 Å². The normalized spacial score (nSPS) is 22.0. The van der Waals surface area contributed by atoms with Gasteiger partial charge in [-0.2, -0.15) is 0 Å². The fraction of sp³-hybridized carbons (Fsp3) is 0.556. The van der Waals surface area contributed by atoms with Gasteiger partial charge in [-0.05, 0) is 74.2 Å². The number of rotatable bonds is 9. The first-order valence-electron chi connectivity index (χ1n) is 12.3. The molecule has 0 radical (unpaired) electrons. The van der Waals surface area contributed by atoms with Crippen LogP contribution >= 0.6 is 11.6 Å². The number of hydrogen-bond acceptors (Lipinski definition) is 6. The van der Waals surface area contributed by atoms with Crippen LogP contribution in [0.4, 0.5) is 0 Å². The lowest BCUT2D eigenvalue weighted by Gasteiger charge is -2.39. The number of likely N-dealkylation sites (tertiary alicyclic amines) is 1. The second-order valence-electron chi connectivity index (χ2n) is 9.65. The van der Waals surface area contributed by atoms with Gasteiger partial charge in [0.05, 0.1) is 13.2 Å². The Hall–Kier alpha value is -1.83. The molecule has 0 aromatic heterocycles. The van der Waals surface area contributed by atoms with E-state index in [4.69, 9.17) is 25.8 Å². The molecule has 2 saturated heterocycles. The van der Waals surface area contributed by atoms with E-state index in [1.165, 1.54) is 5.56 Å². The monoisotopic (exact) mass is 488 g/mol. The number of benzene rings is 2. The molecule has 0 aliphatic carbocycles. The van der Waals surface area contributed by atoms with E-state index in [1.54, 1.807) is 0 Å². The molecule has 1 N–H and O–H groups in total. The summed E-state index contributed by atoms with van der Waals surface area (Å²) >= 11 is 6.27. The Morgan fingerprint density at radius 3 is 2.53 bits per heavy atom. The van der Waals surface area contributed by atoms with E-state index in [0.717, 1.165) is 86.4 Å². The number of halogens is 1. The molecule has 2 aliphatic heterocycles. The SMILES string of the molecule is Cc1cc(OC[C@@]2(O)CCCN(Cc3cccc(OCCN4CCOCC4)c3)C2)cc(C)c1Cl. The fourth-order valence-electron chi connectivity index (χ4n) is 4.78. The minimum Gasteiger partial charge on any atom is -0.492 e. The predicted molar refractivity (Wildman–Crippen MR) is 135 cm³/mol. The number of aliphatic hydroxyl groups is 1. The molecular formula is C27H37ClN2O4. The summed E-state index contributed by atoms with van der Waals surface area (Å²) in [6, 6.07) is 12.2. The first kappa shape index (κ1) is 25.3. The Bertz CT molecular complexity index is 927. The van der Waals surface area contributed by atoms with Crippen LogP contribution in [0.3, 0.4) is 0 Å². The summed E-state index contributed by atoms with van der Waals surface area (Å²) in [5, 5.41) is 12.0. The van der Waals surface area contributed by atoms with Crippen molar-refractivity contribution in [3.8, 4) is 11.5 Å². The Morgan fingerprint density at radius 1 is 1.00 bits per heavy atom. The summed E-state index contributed by atoms with van der Waals surface area (Å²) in [4.78, 5) is 4.68. The van der Waals surface area contributed by atoms with Gasteiger partial charge in [0.1, 0.15) is 30.3 Å². The zero-order chi connectivity index (χ0) is 24.0. The summed E-state index contributed by atoms with van der Waals surface area (Å²) in [6.45, 7) is 11.7. The molecule has 0 spiro atoms. The molecular weight excluding hydrogens is 452 g/mol. The van der Waals surface area contributed by atoms with Gasteiger partial charge in [-0.3, -0.25) is 9.80 Å². The van der Waals surface area contributed by atoms with Crippen molar-refractivity contribution in [3.63, 3.8) is 0 Å². The Labute approximate surface area is 208 Å². The smallest absolute Gasteiger partial charge is 0.120 e. The Kier molecular flexibility index (Phi) is 8.72. The lowest BCUT2D eigenvalue weighted by molar-refractivity contribution is -0.0621. The van der Waals surface area contributed by atoms with Crippen molar-refractivity contribution >= 4 is 11.6 Å². The number of β-amino-alcohol motifs (C(OH)–C–C–N with tert-alkyl or cyclic N) is 1. The van der Waals surface area contributed by atoms with Crippen LogP contribution in [-0.4, -0.2) is 79.7 Å². The number of aryl methyl sites for hydroxylation is 2. The van der Waals surface area contributed by atoms with Crippen molar-refractivity contribution in [2.75, 3.05) is 59.2 Å². The third-order valence-corrected chi connectivity index (χ3v) is 7.23. The third kappa shape index (κ3) is 7.09. The van der Waals surface area contributed by atoms with E-state index in [0.29, 0.717) is 13.2 Å². The second-order valence-corrected chi connectivity index (χ2v) is 10.0. The quantitative estimate of drug-likeness (QED) is 0.574. The first-order chi connectivity index (χ1) is 16.4. The maximum absolute atomic E-state index is 11.2. The maximum Gasteiger partial charge on any atom is 0.120 e. The molecule has 7 heteroatoms. The summed E-state index contributed by atoms with van der Waals surface area (Å²) in [7, 11) is 0. The zero-order valence-electron chi connectivity index (χ0n) is 20.4. The lowest BCUT2D eigenvalue weighted by atomic mass is 9.93. The minimum atomic E-state index is -0.869. The van der Waals surface area contributed by atoms with Crippen molar-refractivity contribution in [2.24, 2.45) is 0 Å². The van der Waals surface area contributed by atoms with Crippen LogP contribution in [0.5, 0.6) is 11.5 Å². The van der Waals surface area contributed by atoms with Crippen molar-refractivity contribution < 1.29 is 19.3 Å². The summed E-state index contributed by atoms with van der Waals surface area (Å²) in [6.07, 6.45) is 1.67. The molecule has 0 bridgehead atoms. The van der Waals surface area contributed by atoms with Crippen molar-refractivity contribution in [1.82, 2.24) is 9.80 Å². The van der Waals surface area contributed by atoms with E-state index in [1.807, 2.05) is 38.1 Å². The highest BCUT2D eigenvalue weighted by Crippen LogP contribution is 2.28. The second kappa shape index (κ2) is 11.7. The van der Waals surface area contributed by atoms with Gasteiger partial charge in [-0.15, -0.1) is 0 Å². The largest absolute Gasteiger partial charge is 0.492 e. The Morgan fingerprint density at radius 2 is 1.76 bits per heavy atom. The van der Waals surface area contributed by atoms with Gasteiger partial charge in [-0.1, -0.05) is 23.7 Å². The molecule has 34 heavy (non-hydrogen) atoms. The maximum atomic E-state index is 11.2. The summed E-state index contributed by atoms with van der Waals surface area (Å²) in [5.41, 5.74) is 2.30. The third-order valence-electron chi connectivity index (χ3n) is 6.64. The lowest BCUT2D eigenvalue weighted by Crippen LogP contribution is -2.51. The van der Waals surface area contributed by atoms with Gasteiger partial charge >= 0.3 is 0 Å². The summed E-state index contributed by atoms with van der Waals surface area (Å²) in [5.74, 6) is 1.65. The standard InChI is InChI=1S/C27H37ClN2O4/c1-21-15-25(16-22(2)26(21)28)34-20-27(31)7-4-8-30(19-27)18-23-5-3-6-24(17-23)33-14-11-29-9-12-32-13-10-29/h3,5-6,15-17,31H,4,7-14,18-20H2,1-2H3/t27-/m1/s1. The average Bonchev–Trinajstić information content (AvgIpc) is 2.82. The zero-order valence-corrected chi connectivity index (χ0v) is 21.1. The van der Waals surface area contributed by atoms with Gasteiger partial charge in [0, 0.05) is 37.7 Å². The highest BCUT2D eigenvalue weighted by atomic mass is 35.5. The molecule has 6 nitrogen and oxygen atoms in total. The molecule has 2 heterocycles. The number of nitrogens with zero attached hydrogens (tertiary/aromatic N) is 2. The Balaban J connectivity index is 1.28. The molecule has 186 valence electrons. The van der Waals surface area contributed by atoms with Crippen molar-refractivity contribution in [1.29, 1.82) is 0 Å². The van der Waals surface area contributed by atoms with Crippen LogP contribution in [0.25, 0.3) is 0 Å². The van der Waals surface area contributed by atoms with Crippen LogP contribution in [0.15, 0.2) is 36.4 Å². The van der Waals surface area contributed by atoms with Crippen LogP contribution in [0.2, 0.25) is 5.02 Å². The van der Waals surface area contributed by atoms with Gasteiger partial charge < -0.3 is 19.3 Å². The molecule has 2 aliphatic rings. The average molecular weight is 489 g/mol. The molecule has 0 unspecified atom stereocenters. The van der Waals surface area contributed by atoms with E-state index in [9.17, 15) is 5.11 Å². The van der Waals surface area contributed by atoms with Gasteiger partial charge in [-0.25, -0.2) is 0 Å². The minimum absolute atomic E-state index is 0.273. The van der Waals surface area contributed by atoms with Crippen molar-refractivity contribution in [3.05, 3.63) is 58.1 Å². The van der Waals surface area contributed by atoms with Crippen LogP contribution in [0.1, 0.15) is 29.5 Å². The van der Waals surface area contributed by atoms with Crippen LogP contribution in [-0.2, 0) is 11.3 Å². The van der Waals surface area contributed by atoms with E-state index in [2.05, 4.69) is 21.9 Å². The molecule has 4 rings (SSSR count). The molecule has 2 aromatic rings. The highest BCUT2D eigenvalue weighted by Gasteiger charge is 2.34. The van der Waals surface area contributed by atoms with Gasteiger partial charge in [0.2, 0.25) is 0 Å². The number of morpholine rings is 1. The molecule has 0 saturated carbocycles. The first-order valence-corrected chi connectivity index (χ1v) is 12.6. The molecule has 1 atom stereocenters. The topological polar surface area (TPSA) is 54.4 Å². The highest BCUT2D eigenvalue weighted by molar-refractivity contribution is 6.32. The molecule has 0 amide bonds. The van der Waals surface area contributed by atoms with Crippen LogP contribution < -0.4 is 9.47 Å². The number of piperidine rings is 1. The molecule has 2 aromatic carbocycles. The molecule has 2 fully saturated rings. The van der Waals surface area contributed by atoms with Gasteiger partial charge in [0.15, 0.2) is 0 Å².